The van der Waals surface area contributed by atoms with Crippen molar-refractivity contribution in [3.63, 3.8) is 0 Å². The predicted molar refractivity (Wildman–Crippen MR) is 59.7 cm³/mol. The second-order valence-corrected chi connectivity index (χ2v) is 3.86. The standard InChI is InChI=1S/C8H6BrFIN/c9-4-1-2-6-7(11)3-5-12-8(6)10/h1-3,5H,4H2. The van der Waals surface area contributed by atoms with E-state index in [2.05, 4.69) is 43.5 Å². The minimum Gasteiger partial charge on any atom is -0.228 e. The Kier molecular flexibility index (Phi) is 4.14. The molecule has 1 rings (SSSR count). The van der Waals surface area contributed by atoms with E-state index in [9.17, 15) is 4.39 Å². The summed E-state index contributed by atoms with van der Waals surface area (Å²) >= 11 is 5.30. The first-order chi connectivity index (χ1) is 5.75. The van der Waals surface area contributed by atoms with E-state index in [0.717, 1.165) is 8.90 Å². The number of hydrogen-bond donors (Lipinski definition) is 0. The first-order valence-corrected chi connectivity index (χ1v) is 5.48. The molecule has 0 aliphatic rings. The summed E-state index contributed by atoms with van der Waals surface area (Å²) in [5.41, 5.74) is 0.553. The van der Waals surface area contributed by atoms with E-state index in [0.29, 0.717) is 5.56 Å². The number of halogens is 3. The zero-order valence-electron chi connectivity index (χ0n) is 6.10. The third kappa shape index (κ3) is 2.52. The predicted octanol–water partition coefficient (Wildman–Crippen LogP) is 3.23. The fourth-order valence-electron chi connectivity index (χ4n) is 0.737. The number of allylic oxidation sites excluding steroid dienone is 1. The maximum absolute atomic E-state index is 13.0. The van der Waals surface area contributed by atoms with Crippen molar-refractivity contribution in [3.8, 4) is 0 Å². The summed E-state index contributed by atoms with van der Waals surface area (Å²) in [6.07, 6.45) is 5.02. The van der Waals surface area contributed by atoms with E-state index >= 15 is 0 Å². The zero-order valence-corrected chi connectivity index (χ0v) is 9.84. The molecule has 0 fully saturated rings. The molecule has 64 valence electrons. The van der Waals surface area contributed by atoms with Crippen molar-refractivity contribution in [3.05, 3.63) is 33.4 Å². The molecule has 0 saturated heterocycles. The van der Waals surface area contributed by atoms with Crippen LogP contribution in [0.3, 0.4) is 0 Å². The average molecular weight is 342 g/mol. The smallest absolute Gasteiger partial charge is 0.221 e. The van der Waals surface area contributed by atoms with Crippen LogP contribution in [0.5, 0.6) is 0 Å². The van der Waals surface area contributed by atoms with Crippen molar-refractivity contribution in [2.45, 2.75) is 0 Å². The van der Waals surface area contributed by atoms with Crippen LogP contribution in [0.15, 0.2) is 18.3 Å². The van der Waals surface area contributed by atoms with E-state index in [1.165, 1.54) is 6.20 Å². The summed E-state index contributed by atoms with van der Waals surface area (Å²) in [6.45, 7) is 0. The van der Waals surface area contributed by atoms with Gasteiger partial charge in [0.1, 0.15) is 0 Å². The van der Waals surface area contributed by atoms with Crippen LogP contribution in [0, 0.1) is 9.52 Å². The zero-order chi connectivity index (χ0) is 8.97. The van der Waals surface area contributed by atoms with Gasteiger partial charge < -0.3 is 0 Å². The molecule has 0 amide bonds. The van der Waals surface area contributed by atoms with E-state index in [4.69, 9.17) is 0 Å². The highest BCUT2D eigenvalue weighted by Gasteiger charge is 2.02. The maximum Gasteiger partial charge on any atom is 0.221 e. The number of hydrogen-bond acceptors (Lipinski definition) is 1. The highest BCUT2D eigenvalue weighted by atomic mass is 127. The minimum absolute atomic E-state index is 0.417. The quantitative estimate of drug-likeness (QED) is 0.457. The number of rotatable bonds is 2. The third-order valence-corrected chi connectivity index (χ3v) is 2.58. The average Bonchev–Trinajstić information content (AvgIpc) is 2.04. The molecule has 1 heterocycles. The Morgan fingerprint density at radius 1 is 1.67 bits per heavy atom. The van der Waals surface area contributed by atoms with Crippen LogP contribution < -0.4 is 0 Å². The molecule has 0 saturated carbocycles. The van der Waals surface area contributed by atoms with Gasteiger partial charge in [-0.2, -0.15) is 4.39 Å². The van der Waals surface area contributed by atoms with Crippen molar-refractivity contribution in [1.82, 2.24) is 4.98 Å². The van der Waals surface area contributed by atoms with Crippen LogP contribution in [-0.2, 0) is 0 Å². The number of aromatic nitrogens is 1. The lowest BCUT2D eigenvalue weighted by molar-refractivity contribution is 0.579. The monoisotopic (exact) mass is 341 g/mol. The van der Waals surface area contributed by atoms with Crippen molar-refractivity contribution in [1.29, 1.82) is 0 Å². The molecule has 0 radical (unpaired) electrons. The first-order valence-electron chi connectivity index (χ1n) is 3.28. The lowest BCUT2D eigenvalue weighted by Gasteiger charge is -1.97. The topological polar surface area (TPSA) is 12.9 Å². The van der Waals surface area contributed by atoms with Gasteiger partial charge in [-0.15, -0.1) is 0 Å². The lowest BCUT2D eigenvalue weighted by Crippen LogP contribution is -1.90. The minimum atomic E-state index is -0.417. The number of alkyl halides is 1. The molecule has 12 heavy (non-hydrogen) atoms. The summed E-state index contributed by atoms with van der Waals surface area (Å²) in [5, 5.41) is 0.720. The molecule has 4 heteroatoms. The fraction of sp³-hybridized carbons (Fsp3) is 0.125. The first kappa shape index (κ1) is 10.1. The number of nitrogens with zero attached hydrogens (tertiary/aromatic N) is 1. The molecule has 0 aromatic carbocycles. The SMILES string of the molecule is Fc1nccc(I)c1C=CCBr. The molecule has 1 aromatic rings. The Morgan fingerprint density at radius 3 is 3.00 bits per heavy atom. The molecule has 0 aliphatic carbocycles. The van der Waals surface area contributed by atoms with Crippen molar-refractivity contribution >= 4 is 44.6 Å². The van der Waals surface area contributed by atoms with Gasteiger partial charge in [-0.3, -0.25) is 0 Å². The summed E-state index contributed by atoms with van der Waals surface area (Å²) in [6, 6.07) is 1.78. The highest BCUT2D eigenvalue weighted by Crippen LogP contribution is 2.15. The maximum atomic E-state index is 13.0. The normalized spacial score (nSPS) is 10.9. The fourth-order valence-corrected chi connectivity index (χ4v) is 1.49. The van der Waals surface area contributed by atoms with Crippen molar-refractivity contribution in [2.75, 3.05) is 5.33 Å². The Balaban J connectivity index is 3.04. The Morgan fingerprint density at radius 2 is 2.42 bits per heavy atom. The lowest BCUT2D eigenvalue weighted by atomic mass is 10.2. The molecule has 0 spiro atoms. The second-order valence-electron chi connectivity index (χ2n) is 2.05. The van der Waals surface area contributed by atoms with E-state index in [1.807, 2.05) is 6.08 Å². The van der Waals surface area contributed by atoms with Crippen LogP contribution in [0.25, 0.3) is 6.08 Å². The van der Waals surface area contributed by atoms with Gasteiger partial charge in [0.05, 0.1) is 0 Å². The summed E-state index contributed by atoms with van der Waals surface area (Å²) in [5.74, 6) is -0.417. The molecule has 1 nitrogen and oxygen atoms in total. The molecule has 0 unspecified atom stereocenters. The van der Waals surface area contributed by atoms with E-state index in [1.54, 1.807) is 12.1 Å². The van der Waals surface area contributed by atoms with Gasteiger partial charge >= 0.3 is 0 Å². The van der Waals surface area contributed by atoms with Crippen LogP contribution in [0.1, 0.15) is 5.56 Å². The van der Waals surface area contributed by atoms with Crippen molar-refractivity contribution < 1.29 is 4.39 Å². The van der Waals surface area contributed by atoms with Crippen molar-refractivity contribution in [2.24, 2.45) is 0 Å². The Labute approximate surface area is 92.4 Å². The highest BCUT2D eigenvalue weighted by molar-refractivity contribution is 14.1. The molecule has 0 bridgehead atoms. The Bertz CT molecular complexity index is 281. The largest absolute Gasteiger partial charge is 0.228 e. The van der Waals surface area contributed by atoms with Gasteiger partial charge in [-0.25, -0.2) is 4.98 Å². The van der Waals surface area contributed by atoms with Gasteiger partial charge in [-0.05, 0) is 28.7 Å². The molecule has 1 aromatic heterocycles. The van der Waals surface area contributed by atoms with E-state index in [-0.39, 0.29) is 0 Å². The van der Waals surface area contributed by atoms with Crippen LogP contribution in [-0.4, -0.2) is 10.3 Å². The molecular formula is C8H6BrFIN. The second kappa shape index (κ2) is 4.91. The van der Waals surface area contributed by atoms with Gasteiger partial charge in [0.2, 0.25) is 5.95 Å². The van der Waals surface area contributed by atoms with E-state index < -0.39 is 5.95 Å². The molecule has 0 atom stereocenters. The van der Waals surface area contributed by atoms with Crippen LogP contribution in [0.2, 0.25) is 0 Å². The molecule has 0 aliphatic heterocycles. The van der Waals surface area contributed by atoms with Gasteiger partial charge in [-0.1, -0.05) is 28.1 Å². The van der Waals surface area contributed by atoms with Gasteiger partial charge in [0.15, 0.2) is 0 Å². The summed E-state index contributed by atoms with van der Waals surface area (Å²) < 4.78 is 13.9. The molecular weight excluding hydrogens is 336 g/mol. The number of pyridine rings is 1. The molecule has 0 N–H and O–H groups in total. The summed E-state index contributed by atoms with van der Waals surface area (Å²) in [4.78, 5) is 3.55. The summed E-state index contributed by atoms with van der Waals surface area (Å²) in [7, 11) is 0. The van der Waals surface area contributed by atoms with Gasteiger partial charge in [0, 0.05) is 20.7 Å². The Hall–Kier alpha value is 0.0300. The van der Waals surface area contributed by atoms with Gasteiger partial charge in [0.25, 0.3) is 0 Å². The van der Waals surface area contributed by atoms with Crippen LogP contribution in [0.4, 0.5) is 4.39 Å². The third-order valence-electron chi connectivity index (χ3n) is 1.26. The van der Waals surface area contributed by atoms with Crippen LogP contribution >= 0.6 is 38.5 Å².